The maximum atomic E-state index is 4.61. The third-order valence-electron chi connectivity index (χ3n) is 2.81. The van der Waals surface area contributed by atoms with Gasteiger partial charge in [0.25, 0.3) is 0 Å². The minimum atomic E-state index is 0.913. The number of imidazole rings is 1. The molecular formula is C13H20N4. The van der Waals surface area contributed by atoms with Gasteiger partial charge in [0.15, 0.2) is 0 Å². The van der Waals surface area contributed by atoms with E-state index in [-0.39, 0.29) is 0 Å². The fraction of sp³-hybridized carbons (Fsp3) is 0.462. The van der Waals surface area contributed by atoms with Crippen molar-refractivity contribution in [3.8, 4) is 0 Å². The highest BCUT2D eigenvalue weighted by molar-refractivity contribution is 5.78. The summed E-state index contributed by atoms with van der Waals surface area (Å²) in [6, 6.07) is 8.25. The summed E-state index contributed by atoms with van der Waals surface area (Å²) < 4.78 is 2.21. The molecule has 0 atom stereocenters. The van der Waals surface area contributed by atoms with Crippen molar-refractivity contribution in [2.24, 2.45) is 0 Å². The standard InChI is InChI=1S/C13H20N4/c1-4-17-12-8-6-5-7-11(12)15-13(17)14-9-10-16(2)3/h5-8H,4,9-10H2,1-3H3,(H,14,15). The Morgan fingerprint density at radius 1 is 1.29 bits per heavy atom. The van der Waals surface area contributed by atoms with Crippen molar-refractivity contribution in [1.82, 2.24) is 14.5 Å². The van der Waals surface area contributed by atoms with Gasteiger partial charge in [-0.25, -0.2) is 4.98 Å². The molecule has 0 spiro atoms. The molecule has 0 fully saturated rings. The lowest BCUT2D eigenvalue weighted by Gasteiger charge is -2.11. The molecule has 17 heavy (non-hydrogen) atoms. The highest BCUT2D eigenvalue weighted by Crippen LogP contribution is 2.18. The predicted octanol–water partition coefficient (Wildman–Crippen LogP) is 2.03. The molecule has 1 heterocycles. The molecule has 0 unspecified atom stereocenters. The Morgan fingerprint density at radius 3 is 2.76 bits per heavy atom. The zero-order chi connectivity index (χ0) is 12.3. The zero-order valence-electron chi connectivity index (χ0n) is 10.8. The molecule has 0 amide bonds. The SMILES string of the molecule is CCn1c(NCCN(C)C)nc2ccccc21. The highest BCUT2D eigenvalue weighted by Gasteiger charge is 2.07. The Morgan fingerprint density at radius 2 is 2.06 bits per heavy atom. The van der Waals surface area contributed by atoms with Gasteiger partial charge >= 0.3 is 0 Å². The topological polar surface area (TPSA) is 33.1 Å². The van der Waals surface area contributed by atoms with E-state index in [1.54, 1.807) is 0 Å². The smallest absolute Gasteiger partial charge is 0.203 e. The van der Waals surface area contributed by atoms with Gasteiger partial charge in [-0.3, -0.25) is 0 Å². The fourth-order valence-electron chi connectivity index (χ4n) is 1.92. The van der Waals surface area contributed by atoms with E-state index in [0.717, 1.165) is 31.1 Å². The van der Waals surface area contributed by atoms with Crippen molar-refractivity contribution >= 4 is 17.0 Å². The number of hydrogen-bond donors (Lipinski definition) is 1. The summed E-state index contributed by atoms with van der Waals surface area (Å²) in [4.78, 5) is 6.77. The molecule has 4 nitrogen and oxygen atoms in total. The quantitative estimate of drug-likeness (QED) is 0.856. The monoisotopic (exact) mass is 232 g/mol. The lowest BCUT2D eigenvalue weighted by molar-refractivity contribution is 0.424. The van der Waals surface area contributed by atoms with Crippen LogP contribution in [-0.2, 0) is 6.54 Å². The maximum absolute atomic E-state index is 4.61. The Kier molecular flexibility index (Phi) is 3.64. The van der Waals surface area contributed by atoms with Crippen LogP contribution < -0.4 is 5.32 Å². The number of para-hydroxylation sites is 2. The Balaban J connectivity index is 2.21. The largest absolute Gasteiger partial charge is 0.354 e. The minimum Gasteiger partial charge on any atom is -0.354 e. The van der Waals surface area contributed by atoms with Gasteiger partial charge in [-0.1, -0.05) is 12.1 Å². The van der Waals surface area contributed by atoms with E-state index < -0.39 is 0 Å². The van der Waals surface area contributed by atoms with Crippen molar-refractivity contribution < 1.29 is 0 Å². The van der Waals surface area contributed by atoms with E-state index in [4.69, 9.17) is 0 Å². The van der Waals surface area contributed by atoms with Crippen molar-refractivity contribution in [3.63, 3.8) is 0 Å². The lowest BCUT2D eigenvalue weighted by Crippen LogP contribution is -2.22. The van der Waals surface area contributed by atoms with Crippen LogP contribution in [0.1, 0.15) is 6.92 Å². The molecule has 2 aromatic rings. The maximum Gasteiger partial charge on any atom is 0.203 e. The Hall–Kier alpha value is -1.55. The average molecular weight is 232 g/mol. The number of aryl methyl sites for hydroxylation is 1. The van der Waals surface area contributed by atoms with Gasteiger partial charge in [0.2, 0.25) is 5.95 Å². The molecule has 1 aromatic carbocycles. The van der Waals surface area contributed by atoms with Gasteiger partial charge in [-0.15, -0.1) is 0 Å². The van der Waals surface area contributed by atoms with E-state index in [0.29, 0.717) is 0 Å². The number of likely N-dealkylation sites (N-methyl/N-ethyl adjacent to an activating group) is 1. The number of benzene rings is 1. The number of fused-ring (bicyclic) bond motifs is 1. The second kappa shape index (κ2) is 5.19. The first kappa shape index (κ1) is 11.9. The van der Waals surface area contributed by atoms with Crippen LogP contribution in [0.2, 0.25) is 0 Å². The van der Waals surface area contributed by atoms with E-state index in [1.165, 1.54) is 5.52 Å². The summed E-state index contributed by atoms with van der Waals surface area (Å²) in [7, 11) is 4.15. The second-order valence-electron chi connectivity index (χ2n) is 4.40. The molecule has 4 heteroatoms. The molecular weight excluding hydrogens is 212 g/mol. The predicted molar refractivity (Wildman–Crippen MR) is 72.5 cm³/mol. The van der Waals surface area contributed by atoms with Crippen LogP contribution in [0.4, 0.5) is 5.95 Å². The van der Waals surface area contributed by atoms with Crippen molar-refractivity contribution in [2.75, 3.05) is 32.5 Å². The first-order chi connectivity index (χ1) is 8.22. The van der Waals surface area contributed by atoms with Gasteiger partial charge in [0.05, 0.1) is 11.0 Å². The molecule has 0 radical (unpaired) electrons. The van der Waals surface area contributed by atoms with Crippen molar-refractivity contribution in [3.05, 3.63) is 24.3 Å². The molecule has 1 aromatic heterocycles. The molecule has 0 saturated heterocycles. The van der Waals surface area contributed by atoms with E-state index >= 15 is 0 Å². The normalized spacial score (nSPS) is 11.3. The molecule has 0 saturated carbocycles. The summed E-state index contributed by atoms with van der Waals surface area (Å²) in [5, 5.41) is 3.40. The number of nitrogens with one attached hydrogen (secondary N) is 1. The molecule has 0 bridgehead atoms. The van der Waals surface area contributed by atoms with Gasteiger partial charge < -0.3 is 14.8 Å². The van der Waals surface area contributed by atoms with Crippen LogP contribution in [0, 0.1) is 0 Å². The number of rotatable bonds is 5. The number of anilines is 1. The van der Waals surface area contributed by atoms with E-state index in [2.05, 4.69) is 59.0 Å². The van der Waals surface area contributed by atoms with Crippen molar-refractivity contribution in [1.29, 1.82) is 0 Å². The first-order valence-corrected chi connectivity index (χ1v) is 6.06. The first-order valence-electron chi connectivity index (χ1n) is 6.06. The van der Waals surface area contributed by atoms with E-state index in [1.807, 2.05) is 6.07 Å². The summed E-state index contributed by atoms with van der Waals surface area (Å²) in [5.74, 6) is 0.968. The van der Waals surface area contributed by atoms with Crippen LogP contribution in [0.15, 0.2) is 24.3 Å². The van der Waals surface area contributed by atoms with Crippen molar-refractivity contribution in [2.45, 2.75) is 13.5 Å². The van der Waals surface area contributed by atoms with Crippen LogP contribution in [0.3, 0.4) is 0 Å². The minimum absolute atomic E-state index is 0.913. The lowest BCUT2D eigenvalue weighted by atomic mass is 10.3. The van der Waals surface area contributed by atoms with Crippen LogP contribution in [-0.4, -0.2) is 41.6 Å². The third-order valence-corrected chi connectivity index (χ3v) is 2.81. The summed E-state index contributed by atoms with van der Waals surface area (Å²) in [6.45, 7) is 5.00. The summed E-state index contributed by atoms with van der Waals surface area (Å²) >= 11 is 0. The third kappa shape index (κ3) is 2.58. The van der Waals surface area contributed by atoms with Gasteiger partial charge in [0, 0.05) is 19.6 Å². The molecule has 0 aliphatic carbocycles. The number of aromatic nitrogens is 2. The second-order valence-corrected chi connectivity index (χ2v) is 4.40. The summed E-state index contributed by atoms with van der Waals surface area (Å²) in [5.41, 5.74) is 2.25. The molecule has 0 aliphatic heterocycles. The molecule has 0 aliphatic rings. The highest BCUT2D eigenvalue weighted by atomic mass is 15.2. The van der Waals surface area contributed by atoms with Gasteiger partial charge in [-0.2, -0.15) is 0 Å². The van der Waals surface area contributed by atoms with Crippen LogP contribution in [0.25, 0.3) is 11.0 Å². The fourth-order valence-corrected chi connectivity index (χ4v) is 1.92. The van der Waals surface area contributed by atoms with Gasteiger partial charge in [0.1, 0.15) is 0 Å². The number of nitrogens with zero attached hydrogens (tertiary/aromatic N) is 3. The Bertz CT molecular complexity index is 487. The van der Waals surface area contributed by atoms with E-state index in [9.17, 15) is 0 Å². The average Bonchev–Trinajstić information content (AvgIpc) is 2.66. The molecule has 92 valence electrons. The Labute approximate surface area is 102 Å². The van der Waals surface area contributed by atoms with Crippen LogP contribution >= 0.6 is 0 Å². The van der Waals surface area contributed by atoms with Gasteiger partial charge in [-0.05, 0) is 33.2 Å². The number of hydrogen-bond acceptors (Lipinski definition) is 3. The zero-order valence-corrected chi connectivity index (χ0v) is 10.8. The summed E-state index contributed by atoms with van der Waals surface area (Å²) in [6.07, 6.45) is 0. The molecule has 1 N–H and O–H groups in total. The van der Waals surface area contributed by atoms with Crippen LogP contribution in [0.5, 0.6) is 0 Å². The molecule has 2 rings (SSSR count).